The molecule has 0 radical (unpaired) electrons. The Morgan fingerprint density at radius 3 is 2.78 bits per heavy atom. The van der Waals surface area contributed by atoms with Gasteiger partial charge in [-0.25, -0.2) is 0 Å². The van der Waals surface area contributed by atoms with Crippen LogP contribution in [0.2, 0.25) is 0 Å². The van der Waals surface area contributed by atoms with E-state index in [2.05, 4.69) is 42.2 Å². The number of amides is 1. The van der Waals surface area contributed by atoms with Gasteiger partial charge in [-0.1, -0.05) is 11.6 Å². The van der Waals surface area contributed by atoms with E-state index in [1.807, 2.05) is 0 Å². The maximum Gasteiger partial charge on any atom is 0.292 e. The molecule has 0 unspecified atom stereocenters. The summed E-state index contributed by atoms with van der Waals surface area (Å²) in [5.74, 6) is 3.05. The highest BCUT2D eigenvalue weighted by molar-refractivity contribution is 5.90. The zero-order valence-electron chi connectivity index (χ0n) is 15.6. The molecule has 5 rings (SSSR count). The predicted molar refractivity (Wildman–Crippen MR) is 94.8 cm³/mol. The Morgan fingerprint density at radius 1 is 1.19 bits per heavy atom. The number of nitrogens with one attached hydrogen (secondary N) is 1. The minimum Gasteiger partial charge on any atom is -0.346 e. The lowest BCUT2D eigenvalue weighted by atomic mass is 9.85. The summed E-state index contributed by atoms with van der Waals surface area (Å²) in [4.78, 5) is 18.8. The topological polar surface area (TPSA) is 102 Å². The van der Waals surface area contributed by atoms with Crippen LogP contribution in [0.3, 0.4) is 0 Å². The molecule has 1 atom stereocenters. The number of hydrogen-bond donors (Lipinski definition) is 1. The lowest BCUT2D eigenvalue weighted by Gasteiger charge is -2.25. The standard InChI is InChI=1S/C18H25N7O2/c1-24-14(21-22-16(24)11-4-2-5-11)10-25-9-3-6-13(25)18-20-15(23-27-18)17(26)19-12-7-8-12/h11-13H,2-10H2,1H3,(H,19,26)/t13-/m0/s1. The van der Waals surface area contributed by atoms with Crippen LogP contribution in [0.15, 0.2) is 4.52 Å². The molecule has 2 saturated carbocycles. The van der Waals surface area contributed by atoms with Crippen LogP contribution in [0.25, 0.3) is 0 Å². The van der Waals surface area contributed by atoms with Gasteiger partial charge < -0.3 is 14.4 Å². The van der Waals surface area contributed by atoms with Crippen LogP contribution in [-0.2, 0) is 13.6 Å². The maximum absolute atomic E-state index is 12.1. The Hall–Kier alpha value is -2.29. The summed E-state index contributed by atoms with van der Waals surface area (Å²) in [7, 11) is 2.06. The fraction of sp³-hybridized carbons (Fsp3) is 0.722. The molecular formula is C18H25N7O2. The Labute approximate surface area is 157 Å². The molecule has 9 heteroatoms. The molecule has 1 saturated heterocycles. The van der Waals surface area contributed by atoms with Crippen LogP contribution in [0.5, 0.6) is 0 Å². The lowest BCUT2D eigenvalue weighted by molar-refractivity contribution is 0.0937. The molecule has 3 heterocycles. The molecule has 1 aliphatic heterocycles. The van der Waals surface area contributed by atoms with Gasteiger partial charge in [0, 0.05) is 19.0 Å². The van der Waals surface area contributed by atoms with Crippen molar-refractivity contribution in [2.24, 2.45) is 7.05 Å². The van der Waals surface area contributed by atoms with Crippen LogP contribution in [-0.4, -0.2) is 48.3 Å². The van der Waals surface area contributed by atoms with Gasteiger partial charge in [-0.3, -0.25) is 9.69 Å². The molecule has 2 aromatic rings. The van der Waals surface area contributed by atoms with E-state index in [0.29, 0.717) is 18.4 Å². The van der Waals surface area contributed by atoms with Crippen LogP contribution >= 0.6 is 0 Å². The number of nitrogens with zero attached hydrogens (tertiary/aromatic N) is 6. The van der Waals surface area contributed by atoms with E-state index >= 15 is 0 Å². The second kappa shape index (κ2) is 6.70. The van der Waals surface area contributed by atoms with Gasteiger partial charge in [0.25, 0.3) is 11.7 Å². The summed E-state index contributed by atoms with van der Waals surface area (Å²) in [6.45, 7) is 1.65. The largest absolute Gasteiger partial charge is 0.346 e. The smallest absolute Gasteiger partial charge is 0.292 e. The first-order chi connectivity index (χ1) is 13.2. The Bertz CT molecular complexity index is 837. The average Bonchev–Trinajstić information content (AvgIpc) is 3.00. The van der Waals surface area contributed by atoms with Gasteiger partial charge in [-0.05, 0) is 45.1 Å². The third kappa shape index (κ3) is 3.24. The number of aromatic nitrogens is 5. The van der Waals surface area contributed by atoms with Gasteiger partial charge in [0.2, 0.25) is 5.89 Å². The van der Waals surface area contributed by atoms with Crippen molar-refractivity contribution in [3.8, 4) is 0 Å². The van der Waals surface area contributed by atoms with Crippen molar-refractivity contribution in [2.75, 3.05) is 6.54 Å². The van der Waals surface area contributed by atoms with Crippen LogP contribution < -0.4 is 5.32 Å². The van der Waals surface area contributed by atoms with Crippen LogP contribution in [0.4, 0.5) is 0 Å². The molecule has 144 valence electrons. The van der Waals surface area contributed by atoms with Crippen molar-refractivity contribution in [1.29, 1.82) is 0 Å². The Morgan fingerprint density at radius 2 is 2.04 bits per heavy atom. The Balaban J connectivity index is 1.28. The van der Waals surface area contributed by atoms with Crippen molar-refractivity contribution in [1.82, 2.24) is 35.1 Å². The van der Waals surface area contributed by atoms with E-state index < -0.39 is 0 Å². The summed E-state index contributed by atoms with van der Waals surface area (Å²) in [5.41, 5.74) is 0. The second-order valence-electron chi connectivity index (χ2n) is 7.99. The van der Waals surface area contributed by atoms with Crippen molar-refractivity contribution >= 4 is 5.91 Å². The SMILES string of the molecule is Cn1c(CN2CCC[C@H]2c2nc(C(=O)NC3CC3)no2)nnc1C1CCC1. The average molecular weight is 371 g/mol. The Kier molecular flexibility index (Phi) is 4.18. The van der Waals surface area contributed by atoms with E-state index in [0.717, 1.165) is 43.9 Å². The van der Waals surface area contributed by atoms with Crippen molar-refractivity contribution in [3.63, 3.8) is 0 Å². The number of hydrogen-bond acceptors (Lipinski definition) is 7. The number of carbonyl (C=O) groups is 1. The molecule has 1 N–H and O–H groups in total. The number of likely N-dealkylation sites (tertiary alicyclic amines) is 1. The lowest BCUT2D eigenvalue weighted by Crippen LogP contribution is -2.27. The molecule has 0 spiro atoms. The molecule has 1 amide bonds. The molecule has 9 nitrogen and oxygen atoms in total. The first-order valence-electron chi connectivity index (χ1n) is 9.95. The molecule has 0 aromatic carbocycles. The van der Waals surface area contributed by atoms with E-state index in [-0.39, 0.29) is 23.8 Å². The third-order valence-electron chi connectivity index (χ3n) is 6.02. The summed E-state index contributed by atoms with van der Waals surface area (Å²) < 4.78 is 7.57. The van der Waals surface area contributed by atoms with Crippen LogP contribution in [0.1, 0.15) is 85.1 Å². The van der Waals surface area contributed by atoms with Gasteiger partial charge >= 0.3 is 0 Å². The molecule has 2 aliphatic carbocycles. The van der Waals surface area contributed by atoms with Crippen molar-refractivity contribution in [2.45, 2.75) is 69.5 Å². The minimum absolute atomic E-state index is 0.0313. The van der Waals surface area contributed by atoms with E-state index in [1.165, 1.54) is 19.3 Å². The van der Waals surface area contributed by atoms with E-state index in [1.54, 1.807) is 0 Å². The van der Waals surface area contributed by atoms with Crippen LogP contribution in [0, 0.1) is 0 Å². The normalized spacial score (nSPS) is 23.5. The highest BCUT2D eigenvalue weighted by atomic mass is 16.5. The van der Waals surface area contributed by atoms with Crippen molar-refractivity contribution < 1.29 is 9.32 Å². The van der Waals surface area contributed by atoms with Crippen molar-refractivity contribution in [3.05, 3.63) is 23.4 Å². The zero-order chi connectivity index (χ0) is 18.4. The van der Waals surface area contributed by atoms with E-state index in [4.69, 9.17) is 4.52 Å². The van der Waals surface area contributed by atoms with Gasteiger partial charge in [-0.15, -0.1) is 10.2 Å². The fourth-order valence-electron chi connectivity index (χ4n) is 3.95. The number of rotatable bonds is 6. The third-order valence-corrected chi connectivity index (χ3v) is 6.02. The molecule has 3 fully saturated rings. The summed E-state index contributed by atoms with van der Waals surface area (Å²) >= 11 is 0. The quantitative estimate of drug-likeness (QED) is 0.824. The molecular weight excluding hydrogens is 346 g/mol. The van der Waals surface area contributed by atoms with Gasteiger partial charge in [0.15, 0.2) is 0 Å². The monoisotopic (exact) mass is 371 g/mol. The van der Waals surface area contributed by atoms with E-state index in [9.17, 15) is 4.79 Å². The highest BCUT2D eigenvalue weighted by Crippen LogP contribution is 2.36. The number of carbonyl (C=O) groups excluding carboxylic acids is 1. The van der Waals surface area contributed by atoms with Gasteiger partial charge in [0.1, 0.15) is 11.6 Å². The summed E-state index contributed by atoms with van der Waals surface area (Å²) in [5, 5.41) is 15.6. The first kappa shape index (κ1) is 16.9. The molecule has 2 aromatic heterocycles. The summed E-state index contributed by atoms with van der Waals surface area (Å²) in [6, 6.07) is 0.312. The van der Waals surface area contributed by atoms with Gasteiger partial charge in [-0.2, -0.15) is 4.98 Å². The minimum atomic E-state index is -0.240. The second-order valence-corrected chi connectivity index (χ2v) is 7.99. The molecule has 3 aliphatic rings. The molecule has 0 bridgehead atoms. The summed E-state index contributed by atoms with van der Waals surface area (Å²) in [6.07, 6.45) is 7.79. The fourth-order valence-corrected chi connectivity index (χ4v) is 3.95. The van der Waals surface area contributed by atoms with Gasteiger partial charge in [0.05, 0.1) is 12.6 Å². The maximum atomic E-state index is 12.1. The zero-order valence-corrected chi connectivity index (χ0v) is 15.6. The first-order valence-corrected chi connectivity index (χ1v) is 9.95. The predicted octanol–water partition coefficient (Wildman–Crippen LogP) is 1.69. The highest BCUT2D eigenvalue weighted by Gasteiger charge is 2.34. The molecule has 27 heavy (non-hydrogen) atoms.